The molecular formula is C24H35NO. The summed E-state index contributed by atoms with van der Waals surface area (Å²) >= 11 is 0. The highest BCUT2D eigenvalue weighted by Crippen LogP contribution is 2.35. The summed E-state index contributed by atoms with van der Waals surface area (Å²) in [6.45, 7) is 19.2. The third kappa shape index (κ3) is 5.27. The van der Waals surface area contributed by atoms with Gasteiger partial charge in [-0.1, -0.05) is 71.4 Å². The van der Waals surface area contributed by atoms with Crippen molar-refractivity contribution in [2.75, 3.05) is 18.5 Å². The third-order valence-electron chi connectivity index (χ3n) is 4.71. The van der Waals surface area contributed by atoms with E-state index in [1.54, 1.807) is 0 Å². The number of anilines is 1. The van der Waals surface area contributed by atoms with Crippen LogP contribution in [0.1, 0.15) is 63.8 Å². The molecule has 2 aromatic carbocycles. The van der Waals surface area contributed by atoms with Crippen LogP contribution in [0.25, 0.3) is 0 Å². The van der Waals surface area contributed by atoms with Gasteiger partial charge in [0.2, 0.25) is 0 Å². The van der Waals surface area contributed by atoms with Crippen molar-refractivity contribution in [2.24, 2.45) is 0 Å². The lowest BCUT2D eigenvalue weighted by atomic mass is 9.80. The Kier molecular flexibility index (Phi) is 6.05. The van der Waals surface area contributed by atoms with Crippen LogP contribution in [0.3, 0.4) is 0 Å². The van der Waals surface area contributed by atoms with Gasteiger partial charge in [0, 0.05) is 12.2 Å². The minimum atomic E-state index is 0.0531. The SMILES string of the molecule is Cc1ccc(NCCOc2ccc(C(C)(C)C)cc2C(C)(C)C)c(C)c1. The molecule has 0 bridgehead atoms. The van der Waals surface area contributed by atoms with E-state index >= 15 is 0 Å². The number of nitrogens with one attached hydrogen (secondary N) is 1. The predicted molar refractivity (Wildman–Crippen MR) is 114 cm³/mol. The fourth-order valence-corrected chi connectivity index (χ4v) is 3.07. The maximum Gasteiger partial charge on any atom is 0.123 e. The fraction of sp³-hybridized carbons (Fsp3) is 0.500. The van der Waals surface area contributed by atoms with Crippen molar-refractivity contribution in [1.29, 1.82) is 0 Å². The second kappa shape index (κ2) is 7.73. The van der Waals surface area contributed by atoms with Gasteiger partial charge in [0.25, 0.3) is 0 Å². The highest BCUT2D eigenvalue weighted by atomic mass is 16.5. The van der Waals surface area contributed by atoms with Crippen molar-refractivity contribution in [2.45, 2.75) is 66.2 Å². The van der Waals surface area contributed by atoms with Gasteiger partial charge in [-0.05, 0) is 53.5 Å². The highest BCUT2D eigenvalue weighted by molar-refractivity contribution is 5.52. The van der Waals surface area contributed by atoms with Crippen LogP contribution < -0.4 is 10.1 Å². The molecule has 0 aliphatic rings. The Morgan fingerprint density at radius 3 is 2.12 bits per heavy atom. The zero-order chi connectivity index (χ0) is 19.5. The van der Waals surface area contributed by atoms with Crippen LogP contribution in [-0.4, -0.2) is 13.2 Å². The summed E-state index contributed by atoms with van der Waals surface area (Å²) in [4.78, 5) is 0. The summed E-state index contributed by atoms with van der Waals surface area (Å²) in [7, 11) is 0. The van der Waals surface area contributed by atoms with Gasteiger partial charge < -0.3 is 10.1 Å². The predicted octanol–water partition coefficient (Wildman–Crippen LogP) is 6.39. The Hall–Kier alpha value is -1.96. The van der Waals surface area contributed by atoms with Gasteiger partial charge in [-0.15, -0.1) is 0 Å². The number of hydrogen-bond donors (Lipinski definition) is 1. The Morgan fingerprint density at radius 1 is 0.846 bits per heavy atom. The van der Waals surface area contributed by atoms with Crippen molar-refractivity contribution < 1.29 is 4.74 Å². The van der Waals surface area contributed by atoms with E-state index < -0.39 is 0 Å². The summed E-state index contributed by atoms with van der Waals surface area (Å²) in [5.74, 6) is 0.993. The van der Waals surface area contributed by atoms with Crippen molar-refractivity contribution in [3.8, 4) is 5.75 Å². The molecule has 0 radical (unpaired) electrons. The standard InChI is InChI=1S/C24H35NO/c1-17-9-11-21(18(2)15-17)25-13-14-26-22-12-10-19(23(3,4)5)16-20(22)24(6,7)8/h9-12,15-16,25H,13-14H2,1-8H3. The largest absolute Gasteiger partial charge is 0.491 e. The molecule has 0 atom stereocenters. The first-order valence-electron chi connectivity index (χ1n) is 9.57. The van der Waals surface area contributed by atoms with Gasteiger partial charge in [0.1, 0.15) is 12.4 Å². The molecule has 26 heavy (non-hydrogen) atoms. The topological polar surface area (TPSA) is 21.3 Å². The van der Waals surface area contributed by atoms with E-state index in [1.165, 1.54) is 27.9 Å². The molecule has 0 spiro atoms. The van der Waals surface area contributed by atoms with Crippen molar-refractivity contribution in [3.05, 3.63) is 58.7 Å². The molecule has 0 fully saturated rings. The van der Waals surface area contributed by atoms with Crippen LogP contribution in [0.5, 0.6) is 5.75 Å². The van der Waals surface area contributed by atoms with Crippen LogP contribution in [0.15, 0.2) is 36.4 Å². The van der Waals surface area contributed by atoms with Gasteiger partial charge in [-0.25, -0.2) is 0 Å². The molecule has 2 heteroatoms. The van der Waals surface area contributed by atoms with Crippen LogP contribution in [0, 0.1) is 13.8 Å². The molecule has 0 amide bonds. The van der Waals surface area contributed by atoms with Crippen LogP contribution >= 0.6 is 0 Å². The molecule has 1 N–H and O–H groups in total. The Labute approximate surface area is 160 Å². The Bertz CT molecular complexity index is 748. The highest BCUT2D eigenvalue weighted by Gasteiger charge is 2.23. The molecule has 0 unspecified atom stereocenters. The van der Waals surface area contributed by atoms with Crippen LogP contribution in [-0.2, 0) is 10.8 Å². The second-order valence-electron chi connectivity index (χ2n) is 9.30. The third-order valence-corrected chi connectivity index (χ3v) is 4.71. The zero-order valence-electron chi connectivity index (χ0n) is 17.8. The molecule has 0 saturated heterocycles. The van der Waals surface area contributed by atoms with Crippen molar-refractivity contribution >= 4 is 5.69 Å². The second-order valence-corrected chi connectivity index (χ2v) is 9.30. The van der Waals surface area contributed by atoms with Crippen LogP contribution in [0.2, 0.25) is 0 Å². The maximum atomic E-state index is 6.15. The van der Waals surface area contributed by atoms with Gasteiger partial charge in [-0.3, -0.25) is 0 Å². The monoisotopic (exact) mass is 353 g/mol. The molecule has 2 rings (SSSR count). The number of benzene rings is 2. The van der Waals surface area contributed by atoms with Crippen molar-refractivity contribution in [1.82, 2.24) is 0 Å². The summed E-state index contributed by atoms with van der Waals surface area (Å²) in [5, 5.41) is 3.48. The first-order chi connectivity index (χ1) is 12.0. The van der Waals surface area contributed by atoms with E-state index in [0.29, 0.717) is 6.61 Å². The number of aryl methyl sites for hydroxylation is 2. The number of rotatable bonds is 5. The lowest BCUT2D eigenvalue weighted by Crippen LogP contribution is -2.19. The quantitative estimate of drug-likeness (QED) is 0.629. The molecule has 0 aliphatic heterocycles. The van der Waals surface area contributed by atoms with E-state index in [4.69, 9.17) is 4.74 Å². The van der Waals surface area contributed by atoms with E-state index in [2.05, 4.69) is 97.1 Å². The van der Waals surface area contributed by atoms with E-state index in [-0.39, 0.29) is 10.8 Å². The van der Waals surface area contributed by atoms with Gasteiger partial charge in [0.15, 0.2) is 0 Å². The number of ether oxygens (including phenoxy) is 1. The average Bonchev–Trinajstić information content (AvgIpc) is 2.51. The number of hydrogen-bond acceptors (Lipinski definition) is 2. The minimum absolute atomic E-state index is 0.0531. The molecule has 142 valence electrons. The van der Waals surface area contributed by atoms with E-state index in [9.17, 15) is 0 Å². The van der Waals surface area contributed by atoms with Crippen molar-refractivity contribution in [3.63, 3.8) is 0 Å². The molecule has 0 saturated carbocycles. The molecule has 0 heterocycles. The summed E-state index contributed by atoms with van der Waals surface area (Å²) in [6.07, 6.45) is 0. The maximum absolute atomic E-state index is 6.15. The smallest absolute Gasteiger partial charge is 0.123 e. The van der Waals surface area contributed by atoms with Gasteiger partial charge >= 0.3 is 0 Å². The summed E-state index contributed by atoms with van der Waals surface area (Å²) < 4.78 is 6.15. The van der Waals surface area contributed by atoms with E-state index in [0.717, 1.165) is 12.3 Å². The summed E-state index contributed by atoms with van der Waals surface area (Å²) in [5.41, 5.74) is 6.56. The molecule has 0 aliphatic carbocycles. The molecule has 2 nitrogen and oxygen atoms in total. The van der Waals surface area contributed by atoms with Crippen LogP contribution in [0.4, 0.5) is 5.69 Å². The lowest BCUT2D eigenvalue weighted by Gasteiger charge is -2.27. The first-order valence-corrected chi connectivity index (χ1v) is 9.57. The Balaban J connectivity index is 2.07. The molecule has 0 aromatic heterocycles. The average molecular weight is 354 g/mol. The fourth-order valence-electron chi connectivity index (χ4n) is 3.07. The molecule has 2 aromatic rings. The minimum Gasteiger partial charge on any atom is -0.491 e. The normalized spacial score (nSPS) is 12.2. The van der Waals surface area contributed by atoms with Gasteiger partial charge in [0.05, 0.1) is 0 Å². The summed E-state index contributed by atoms with van der Waals surface area (Å²) in [6, 6.07) is 13.1. The lowest BCUT2D eigenvalue weighted by molar-refractivity contribution is 0.322. The molecular weight excluding hydrogens is 318 g/mol. The zero-order valence-corrected chi connectivity index (χ0v) is 17.8. The first kappa shape index (κ1) is 20.4. The van der Waals surface area contributed by atoms with E-state index in [1.807, 2.05) is 0 Å². The van der Waals surface area contributed by atoms with Gasteiger partial charge in [-0.2, -0.15) is 0 Å². The Morgan fingerprint density at radius 2 is 1.54 bits per heavy atom.